The first-order chi connectivity index (χ1) is 14.2. The van der Waals surface area contributed by atoms with Crippen LogP contribution in [0.5, 0.6) is 0 Å². The molecule has 1 aromatic heterocycles. The van der Waals surface area contributed by atoms with Crippen LogP contribution in [-0.4, -0.2) is 55.2 Å². The summed E-state index contributed by atoms with van der Waals surface area (Å²) in [4.78, 5) is 19.1. The summed E-state index contributed by atoms with van der Waals surface area (Å²) in [5.74, 6) is 0.802. The molecule has 1 saturated carbocycles. The Morgan fingerprint density at radius 3 is 2.70 bits per heavy atom. The fourth-order valence-electron chi connectivity index (χ4n) is 4.05. The van der Waals surface area contributed by atoms with E-state index in [0.29, 0.717) is 19.0 Å². The molecule has 0 radical (unpaired) electrons. The number of hydrogen-bond donors (Lipinski definition) is 2. The Morgan fingerprint density at radius 1 is 1.27 bits per heavy atom. The highest BCUT2D eigenvalue weighted by molar-refractivity contribution is 14.0. The van der Waals surface area contributed by atoms with Crippen molar-refractivity contribution in [1.29, 1.82) is 0 Å². The summed E-state index contributed by atoms with van der Waals surface area (Å²) < 4.78 is 5.51. The van der Waals surface area contributed by atoms with Crippen LogP contribution in [0.2, 0.25) is 0 Å². The largest absolute Gasteiger partial charge is 0.462 e. The van der Waals surface area contributed by atoms with Gasteiger partial charge in [-0.1, -0.05) is 0 Å². The smallest absolute Gasteiger partial charge is 0.306 e. The maximum absolute atomic E-state index is 11.9. The summed E-state index contributed by atoms with van der Waals surface area (Å²) in [5.41, 5.74) is 1.42. The number of esters is 1. The molecular formula is C22H37IN4O2S. The first kappa shape index (κ1) is 25.4. The van der Waals surface area contributed by atoms with Crippen molar-refractivity contribution in [2.45, 2.75) is 77.0 Å². The van der Waals surface area contributed by atoms with Gasteiger partial charge in [0.15, 0.2) is 5.96 Å². The topological polar surface area (TPSA) is 66.0 Å². The van der Waals surface area contributed by atoms with Gasteiger partial charge in [-0.2, -0.15) is 11.3 Å². The number of guanidine groups is 1. The van der Waals surface area contributed by atoms with Gasteiger partial charge in [-0.05, 0) is 74.3 Å². The zero-order chi connectivity index (χ0) is 20.3. The molecule has 2 heterocycles. The number of carbonyl (C=O) groups is 1. The Balaban J connectivity index is 0.00000320. The Kier molecular flexibility index (Phi) is 12.1. The molecule has 1 aliphatic carbocycles. The van der Waals surface area contributed by atoms with E-state index in [9.17, 15) is 4.79 Å². The summed E-state index contributed by atoms with van der Waals surface area (Å²) in [6.45, 7) is 6.85. The fraction of sp³-hybridized carbons (Fsp3) is 0.727. The van der Waals surface area contributed by atoms with E-state index in [4.69, 9.17) is 4.74 Å². The number of aliphatic imine (C=N–C) groups is 1. The van der Waals surface area contributed by atoms with Crippen LogP contribution in [0.1, 0.15) is 63.9 Å². The third-order valence-corrected chi connectivity index (χ3v) is 6.40. The zero-order valence-electron chi connectivity index (χ0n) is 18.1. The third-order valence-electron chi connectivity index (χ3n) is 5.67. The van der Waals surface area contributed by atoms with Gasteiger partial charge in [-0.25, -0.2) is 0 Å². The predicted molar refractivity (Wildman–Crippen MR) is 135 cm³/mol. The molecule has 2 N–H and O–H groups in total. The van der Waals surface area contributed by atoms with Gasteiger partial charge in [-0.3, -0.25) is 14.7 Å². The molecule has 1 aromatic rings. The third kappa shape index (κ3) is 9.09. The quantitative estimate of drug-likeness (QED) is 0.160. The average molecular weight is 549 g/mol. The number of thiophene rings is 1. The zero-order valence-corrected chi connectivity index (χ0v) is 21.3. The second kappa shape index (κ2) is 14.2. The van der Waals surface area contributed by atoms with E-state index in [-0.39, 0.29) is 36.0 Å². The van der Waals surface area contributed by atoms with Crippen molar-refractivity contribution in [3.63, 3.8) is 0 Å². The number of carbonyl (C=O) groups excluding carboxylic acids is 1. The van der Waals surface area contributed by atoms with Crippen LogP contribution in [0, 0.1) is 0 Å². The highest BCUT2D eigenvalue weighted by Gasteiger charge is 2.20. The molecule has 2 aliphatic rings. The van der Waals surface area contributed by atoms with Crippen molar-refractivity contribution in [3.05, 3.63) is 22.4 Å². The van der Waals surface area contributed by atoms with Gasteiger partial charge in [0.1, 0.15) is 6.10 Å². The van der Waals surface area contributed by atoms with Crippen molar-refractivity contribution in [1.82, 2.24) is 15.5 Å². The first-order valence-electron chi connectivity index (χ1n) is 11.2. The molecular weight excluding hydrogens is 511 g/mol. The van der Waals surface area contributed by atoms with Crippen molar-refractivity contribution in [2.75, 3.05) is 26.2 Å². The maximum Gasteiger partial charge on any atom is 0.306 e. The van der Waals surface area contributed by atoms with Gasteiger partial charge < -0.3 is 15.4 Å². The molecule has 2 fully saturated rings. The fourth-order valence-corrected chi connectivity index (χ4v) is 4.71. The predicted octanol–water partition coefficient (Wildman–Crippen LogP) is 4.15. The molecule has 0 amide bonds. The summed E-state index contributed by atoms with van der Waals surface area (Å²) >= 11 is 1.77. The molecule has 0 bridgehead atoms. The van der Waals surface area contributed by atoms with Crippen LogP contribution in [0.3, 0.4) is 0 Å². The summed E-state index contributed by atoms with van der Waals surface area (Å²) in [6.07, 6.45) is 8.05. The molecule has 3 rings (SSSR count). The van der Waals surface area contributed by atoms with E-state index < -0.39 is 0 Å². The van der Waals surface area contributed by atoms with Crippen LogP contribution < -0.4 is 10.6 Å². The number of halogens is 1. The number of piperidine rings is 1. The Morgan fingerprint density at radius 2 is 2.03 bits per heavy atom. The van der Waals surface area contributed by atoms with Crippen LogP contribution in [0.25, 0.3) is 0 Å². The van der Waals surface area contributed by atoms with E-state index in [0.717, 1.165) is 64.2 Å². The second-order valence-corrected chi connectivity index (χ2v) is 8.87. The average Bonchev–Trinajstić information content (AvgIpc) is 3.41. The lowest BCUT2D eigenvalue weighted by molar-refractivity contribution is -0.148. The van der Waals surface area contributed by atoms with Crippen molar-refractivity contribution in [3.8, 4) is 0 Å². The SMILES string of the molecule is CCNC(=NCCCC(=O)OC1CCCC1)NC1CCN(Cc2ccsc2)CC1.I. The van der Waals surface area contributed by atoms with Gasteiger partial charge in [0, 0.05) is 45.2 Å². The Hall–Kier alpha value is -0.870. The van der Waals surface area contributed by atoms with Gasteiger partial charge in [0.2, 0.25) is 0 Å². The molecule has 1 saturated heterocycles. The maximum atomic E-state index is 11.9. The molecule has 0 unspecified atom stereocenters. The summed E-state index contributed by atoms with van der Waals surface area (Å²) in [5, 5.41) is 11.3. The van der Waals surface area contributed by atoms with Crippen LogP contribution in [-0.2, 0) is 16.1 Å². The lowest BCUT2D eigenvalue weighted by atomic mass is 10.0. The molecule has 1 aliphatic heterocycles. The minimum atomic E-state index is -0.0666. The molecule has 8 heteroatoms. The van der Waals surface area contributed by atoms with E-state index >= 15 is 0 Å². The number of nitrogens with zero attached hydrogens (tertiary/aromatic N) is 2. The van der Waals surface area contributed by atoms with Crippen molar-refractivity contribution >= 4 is 47.2 Å². The highest BCUT2D eigenvalue weighted by Crippen LogP contribution is 2.21. The van der Waals surface area contributed by atoms with Crippen LogP contribution in [0.15, 0.2) is 21.8 Å². The number of ether oxygens (including phenoxy) is 1. The molecule has 6 nitrogen and oxygen atoms in total. The lowest BCUT2D eigenvalue weighted by Crippen LogP contribution is -2.48. The molecule has 0 atom stereocenters. The van der Waals surface area contributed by atoms with Gasteiger partial charge in [-0.15, -0.1) is 24.0 Å². The van der Waals surface area contributed by atoms with E-state index in [1.165, 1.54) is 18.4 Å². The van der Waals surface area contributed by atoms with Crippen molar-refractivity contribution < 1.29 is 9.53 Å². The van der Waals surface area contributed by atoms with Gasteiger partial charge >= 0.3 is 5.97 Å². The van der Waals surface area contributed by atoms with E-state index in [2.05, 4.69) is 44.3 Å². The van der Waals surface area contributed by atoms with Crippen LogP contribution >= 0.6 is 35.3 Å². The van der Waals surface area contributed by atoms with Gasteiger partial charge in [0.05, 0.1) is 0 Å². The number of likely N-dealkylation sites (tertiary alicyclic amines) is 1. The summed E-state index contributed by atoms with van der Waals surface area (Å²) in [6, 6.07) is 2.67. The van der Waals surface area contributed by atoms with Crippen molar-refractivity contribution in [2.24, 2.45) is 4.99 Å². The second-order valence-electron chi connectivity index (χ2n) is 8.09. The normalized spacial score (nSPS) is 18.8. The summed E-state index contributed by atoms with van der Waals surface area (Å²) in [7, 11) is 0. The number of hydrogen-bond acceptors (Lipinski definition) is 5. The molecule has 0 aromatic carbocycles. The standard InChI is InChI=1S/C22H36N4O2S.HI/c1-2-23-22(24-12-5-8-21(27)28-20-6-3-4-7-20)25-19-9-13-26(14-10-19)16-18-11-15-29-17-18;/h11,15,17,19-20H,2-10,12-14,16H2,1H3,(H2,23,24,25);1H. The number of nitrogens with one attached hydrogen (secondary N) is 2. The monoisotopic (exact) mass is 548 g/mol. The number of rotatable bonds is 9. The van der Waals surface area contributed by atoms with Gasteiger partial charge in [0.25, 0.3) is 0 Å². The lowest BCUT2D eigenvalue weighted by Gasteiger charge is -2.33. The molecule has 30 heavy (non-hydrogen) atoms. The Bertz CT molecular complexity index is 627. The van der Waals surface area contributed by atoms with E-state index in [1.807, 2.05) is 0 Å². The van der Waals surface area contributed by atoms with Crippen LogP contribution in [0.4, 0.5) is 0 Å². The minimum Gasteiger partial charge on any atom is -0.462 e. The minimum absolute atomic E-state index is 0. The van der Waals surface area contributed by atoms with E-state index in [1.54, 1.807) is 11.3 Å². The highest BCUT2D eigenvalue weighted by atomic mass is 127. The molecule has 0 spiro atoms. The molecule has 170 valence electrons. The Labute approximate surface area is 202 Å². The first-order valence-corrected chi connectivity index (χ1v) is 12.1.